The first kappa shape index (κ1) is 16.3. The van der Waals surface area contributed by atoms with E-state index in [0.717, 1.165) is 6.54 Å². The van der Waals surface area contributed by atoms with Gasteiger partial charge in [-0.25, -0.2) is 0 Å². The number of para-hydroxylation sites is 1. The van der Waals surface area contributed by atoms with Crippen molar-refractivity contribution >= 4 is 5.69 Å². The van der Waals surface area contributed by atoms with Gasteiger partial charge in [0.2, 0.25) is 0 Å². The standard InChI is InChI=1S/C18H31N3/c1-2-19-12-8-3-4-9-13-20-14-16-21(17-15-20)18-10-6-5-7-11-18/h5-7,10-11,19H,2-4,8-9,12-17H2,1H3. The number of unbranched alkanes of at least 4 members (excludes halogenated alkanes) is 3. The fourth-order valence-corrected chi connectivity index (χ4v) is 2.98. The number of nitrogens with one attached hydrogen (secondary N) is 1. The summed E-state index contributed by atoms with van der Waals surface area (Å²) < 4.78 is 0. The molecule has 21 heavy (non-hydrogen) atoms. The van der Waals surface area contributed by atoms with E-state index in [1.54, 1.807) is 0 Å². The van der Waals surface area contributed by atoms with Crippen molar-refractivity contribution in [2.45, 2.75) is 32.6 Å². The van der Waals surface area contributed by atoms with Gasteiger partial charge in [-0.15, -0.1) is 0 Å². The summed E-state index contributed by atoms with van der Waals surface area (Å²) in [7, 11) is 0. The van der Waals surface area contributed by atoms with Crippen molar-refractivity contribution in [1.82, 2.24) is 10.2 Å². The predicted molar refractivity (Wildman–Crippen MR) is 92.1 cm³/mol. The molecule has 0 spiro atoms. The van der Waals surface area contributed by atoms with Crippen LogP contribution < -0.4 is 10.2 Å². The van der Waals surface area contributed by atoms with Crippen molar-refractivity contribution in [3.8, 4) is 0 Å². The average Bonchev–Trinajstić information content (AvgIpc) is 2.55. The zero-order chi connectivity index (χ0) is 14.8. The highest BCUT2D eigenvalue weighted by atomic mass is 15.3. The molecule has 0 unspecified atom stereocenters. The van der Waals surface area contributed by atoms with Crippen LogP contribution in [0.1, 0.15) is 32.6 Å². The summed E-state index contributed by atoms with van der Waals surface area (Å²) >= 11 is 0. The Kier molecular flexibility index (Phi) is 7.61. The number of anilines is 1. The Balaban J connectivity index is 1.53. The molecule has 1 N–H and O–H groups in total. The second-order valence-electron chi connectivity index (χ2n) is 5.93. The highest BCUT2D eigenvalue weighted by molar-refractivity contribution is 5.46. The maximum atomic E-state index is 3.39. The molecule has 0 aromatic heterocycles. The van der Waals surface area contributed by atoms with Gasteiger partial charge >= 0.3 is 0 Å². The third-order valence-electron chi connectivity index (χ3n) is 4.32. The Morgan fingerprint density at radius 2 is 1.62 bits per heavy atom. The van der Waals surface area contributed by atoms with E-state index in [1.807, 2.05) is 0 Å². The maximum absolute atomic E-state index is 3.39. The Morgan fingerprint density at radius 1 is 0.905 bits per heavy atom. The lowest BCUT2D eigenvalue weighted by atomic mass is 10.1. The molecule has 0 atom stereocenters. The zero-order valence-corrected chi connectivity index (χ0v) is 13.6. The monoisotopic (exact) mass is 289 g/mol. The van der Waals surface area contributed by atoms with E-state index in [2.05, 4.69) is 52.4 Å². The minimum absolute atomic E-state index is 1.10. The first-order valence-corrected chi connectivity index (χ1v) is 8.63. The lowest BCUT2D eigenvalue weighted by molar-refractivity contribution is 0.252. The molecule has 1 aromatic carbocycles. The van der Waals surface area contributed by atoms with E-state index < -0.39 is 0 Å². The molecule has 1 fully saturated rings. The maximum Gasteiger partial charge on any atom is 0.0367 e. The van der Waals surface area contributed by atoms with Gasteiger partial charge in [0, 0.05) is 31.9 Å². The van der Waals surface area contributed by atoms with E-state index >= 15 is 0 Å². The van der Waals surface area contributed by atoms with Crippen LogP contribution in [0, 0.1) is 0 Å². The van der Waals surface area contributed by atoms with Crippen LogP contribution in [0.5, 0.6) is 0 Å². The molecule has 1 saturated heterocycles. The molecule has 2 rings (SSSR count). The van der Waals surface area contributed by atoms with Crippen LogP contribution >= 0.6 is 0 Å². The number of hydrogen-bond donors (Lipinski definition) is 1. The molecule has 0 aliphatic carbocycles. The zero-order valence-electron chi connectivity index (χ0n) is 13.6. The molecule has 0 bridgehead atoms. The van der Waals surface area contributed by atoms with Crippen molar-refractivity contribution in [3.05, 3.63) is 30.3 Å². The van der Waals surface area contributed by atoms with E-state index in [4.69, 9.17) is 0 Å². The molecule has 0 radical (unpaired) electrons. The van der Waals surface area contributed by atoms with Gasteiger partial charge < -0.3 is 10.2 Å². The molecular weight excluding hydrogens is 258 g/mol. The third kappa shape index (κ3) is 6.06. The fourth-order valence-electron chi connectivity index (χ4n) is 2.98. The SMILES string of the molecule is CCNCCCCCCN1CCN(c2ccccc2)CC1. The van der Waals surface area contributed by atoms with Crippen molar-refractivity contribution in [3.63, 3.8) is 0 Å². The molecule has 118 valence electrons. The second-order valence-corrected chi connectivity index (χ2v) is 5.93. The van der Waals surface area contributed by atoms with Gasteiger partial charge in [0.25, 0.3) is 0 Å². The lowest BCUT2D eigenvalue weighted by Gasteiger charge is -2.36. The van der Waals surface area contributed by atoms with Crippen molar-refractivity contribution in [1.29, 1.82) is 0 Å². The summed E-state index contributed by atoms with van der Waals surface area (Å²) in [6.07, 6.45) is 5.44. The van der Waals surface area contributed by atoms with E-state index in [1.165, 1.54) is 70.6 Å². The van der Waals surface area contributed by atoms with Gasteiger partial charge in [-0.2, -0.15) is 0 Å². The molecule has 1 aromatic rings. The first-order valence-electron chi connectivity index (χ1n) is 8.63. The normalized spacial score (nSPS) is 16.3. The quantitative estimate of drug-likeness (QED) is 0.705. The summed E-state index contributed by atoms with van der Waals surface area (Å²) in [4.78, 5) is 5.14. The average molecular weight is 289 g/mol. The summed E-state index contributed by atoms with van der Waals surface area (Å²) in [5.41, 5.74) is 1.38. The minimum Gasteiger partial charge on any atom is -0.369 e. The van der Waals surface area contributed by atoms with E-state index in [9.17, 15) is 0 Å². The van der Waals surface area contributed by atoms with Gasteiger partial charge in [-0.3, -0.25) is 4.90 Å². The number of nitrogens with zero attached hydrogens (tertiary/aromatic N) is 2. The molecular formula is C18H31N3. The van der Waals surface area contributed by atoms with E-state index in [0.29, 0.717) is 0 Å². The number of hydrogen-bond acceptors (Lipinski definition) is 3. The predicted octanol–water partition coefficient (Wildman–Crippen LogP) is 2.98. The third-order valence-corrected chi connectivity index (χ3v) is 4.32. The van der Waals surface area contributed by atoms with Crippen LogP contribution in [0.15, 0.2) is 30.3 Å². The lowest BCUT2D eigenvalue weighted by Crippen LogP contribution is -2.46. The van der Waals surface area contributed by atoms with Crippen LogP contribution in [0.2, 0.25) is 0 Å². The molecule has 3 nitrogen and oxygen atoms in total. The highest BCUT2D eigenvalue weighted by Gasteiger charge is 2.16. The summed E-state index contributed by atoms with van der Waals surface area (Å²) in [5.74, 6) is 0. The van der Waals surface area contributed by atoms with Crippen molar-refractivity contribution in [2.75, 3.05) is 50.7 Å². The smallest absolute Gasteiger partial charge is 0.0367 e. The fraction of sp³-hybridized carbons (Fsp3) is 0.667. The van der Waals surface area contributed by atoms with Crippen LogP contribution in [-0.4, -0.2) is 50.7 Å². The Morgan fingerprint density at radius 3 is 2.33 bits per heavy atom. The van der Waals surface area contributed by atoms with Crippen LogP contribution in [0.4, 0.5) is 5.69 Å². The summed E-state index contributed by atoms with van der Waals surface area (Å²) in [6.45, 7) is 10.5. The first-order chi connectivity index (χ1) is 10.4. The van der Waals surface area contributed by atoms with Gasteiger partial charge in [0.05, 0.1) is 0 Å². The van der Waals surface area contributed by atoms with Gasteiger partial charge in [0.1, 0.15) is 0 Å². The minimum atomic E-state index is 1.10. The topological polar surface area (TPSA) is 18.5 Å². The molecule has 1 aliphatic rings. The van der Waals surface area contributed by atoms with Crippen LogP contribution in [-0.2, 0) is 0 Å². The number of piperazine rings is 1. The second kappa shape index (κ2) is 9.80. The Hall–Kier alpha value is -1.06. The van der Waals surface area contributed by atoms with Crippen molar-refractivity contribution < 1.29 is 0 Å². The Labute approximate surface area is 130 Å². The van der Waals surface area contributed by atoms with Gasteiger partial charge in [-0.05, 0) is 44.6 Å². The van der Waals surface area contributed by atoms with Crippen LogP contribution in [0.25, 0.3) is 0 Å². The molecule has 3 heteroatoms. The largest absolute Gasteiger partial charge is 0.369 e. The molecule has 1 heterocycles. The van der Waals surface area contributed by atoms with Crippen LogP contribution in [0.3, 0.4) is 0 Å². The molecule has 1 aliphatic heterocycles. The summed E-state index contributed by atoms with van der Waals surface area (Å²) in [6, 6.07) is 10.8. The molecule has 0 amide bonds. The number of benzene rings is 1. The van der Waals surface area contributed by atoms with E-state index in [-0.39, 0.29) is 0 Å². The Bertz CT molecular complexity index is 358. The molecule has 0 saturated carbocycles. The van der Waals surface area contributed by atoms with Gasteiger partial charge in [0.15, 0.2) is 0 Å². The van der Waals surface area contributed by atoms with Crippen molar-refractivity contribution in [2.24, 2.45) is 0 Å². The highest BCUT2D eigenvalue weighted by Crippen LogP contribution is 2.15. The number of rotatable bonds is 9. The van der Waals surface area contributed by atoms with Gasteiger partial charge in [-0.1, -0.05) is 38.0 Å². The summed E-state index contributed by atoms with van der Waals surface area (Å²) in [5, 5.41) is 3.39.